The number of hydrogen-bond acceptors (Lipinski definition) is 4. The number of nitrogens with two attached hydrogens (primary N) is 1. The molecule has 0 heterocycles. The van der Waals surface area contributed by atoms with Crippen LogP contribution >= 0.6 is 0 Å². The first-order valence-electron chi connectivity index (χ1n) is 5.24. The molecule has 0 aliphatic rings. The summed E-state index contributed by atoms with van der Waals surface area (Å²) < 4.78 is 0. The molecule has 98 valence electrons. The van der Waals surface area contributed by atoms with Crippen LogP contribution in [0.15, 0.2) is 0 Å². The van der Waals surface area contributed by atoms with Crippen LogP contribution in [0.4, 0.5) is 0 Å². The average Bonchev–Trinajstić information content (AvgIpc) is 2.14. The van der Waals surface area contributed by atoms with Crippen molar-refractivity contribution in [3.63, 3.8) is 0 Å². The summed E-state index contributed by atoms with van der Waals surface area (Å²) in [5.41, 5.74) is 5.31. The highest BCUT2D eigenvalue weighted by molar-refractivity contribution is 5.89. The van der Waals surface area contributed by atoms with E-state index in [4.69, 9.17) is 15.9 Å². The summed E-state index contributed by atoms with van der Waals surface area (Å²) >= 11 is 0. The van der Waals surface area contributed by atoms with Gasteiger partial charge in [0.2, 0.25) is 5.91 Å². The molecule has 0 aromatic heterocycles. The summed E-state index contributed by atoms with van der Waals surface area (Å²) in [5.74, 6) is -3.04. The number of carboxylic acids is 2. The van der Waals surface area contributed by atoms with Gasteiger partial charge in [-0.05, 0) is 12.3 Å². The Morgan fingerprint density at radius 1 is 1.24 bits per heavy atom. The number of carboxylic acid groups (broad SMARTS) is 2. The molecule has 0 saturated heterocycles. The van der Waals surface area contributed by atoms with E-state index in [-0.39, 0.29) is 12.3 Å². The fourth-order valence-electron chi connectivity index (χ4n) is 1.25. The Balaban J connectivity index is 4.39. The monoisotopic (exact) mass is 246 g/mol. The second-order valence-corrected chi connectivity index (χ2v) is 4.23. The van der Waals surface area contributed by atoms with Gasteiger partial charge in [-0.2, -0.15) is 0 Å². The number of aliphatic carboxylic acids is 2. The number of rotatable bonds is 7. The van der Waals surface area contributed by atoms with Crippen molar-refractivity contribution < 1.29 is 24.6 Å². The molecule has 0 aliphatic heterocycles. The molecule has 0 radical (unpaired) electrons. The lowest BCUT2D eigenvalue weighted by molar-refractivity contribution is -0.143. The van der Waals surface area contributed by atoms with Gasteiger partial charge in [0.05, 0.1) is 12.5 Å². The van der Waals surface area contributed by atoms with E-state index in [0.717, 1.165) is 0 Å². The van der Waals surface area contributed by atoms with Gasteiger partial charge in [0.25, 0.3) is 0 Å². The number of carbonyl (C=O) groups excluding carboxylic acids is 1. The quantitative estimate of drug-likeness (QED) is 0.474. The highest BCUT2D eigenvalue weighted by Gasteiger charge is 2.25. The fourth-order valence-corrected chi connectivity index (χ4v) is 1.25. The zero-order valence-electron chi connectivity index (χ0n) is 9.84. The molecule has 2 atom stereocenters. The van der Waals surface area contributed by atoms with Gasteiger partial charge in [0.15, 0.2) is 0 Å². The summed E-state index contributed by atoms with van der Waals surface area (Å²) in [6.07, 6.45) is -0.263. The normalized spacial score (nSPS) is 14.1. The largest absolute Gasteiger partial charge is 0.481 e. The third-order valence-corrected chi connectivity index (χ3v) is 2.05. The summed E-state index contributed by atoms with van der Waals surface area (Å²) in [4.78, 5) is 32.6. The zero-order chi connectivity index (χ0) is 13.6. The van der Waals surface area contributed by atoms with E-state index < -0.39 is 36.4 Å². The Hall–Kier alpha value is -1.63. The molecule has 0 spiro atoms. The Labute approximate surface area is 99.0 Å². The number of hydrogen-bond donors (Lipinski definition) is 4. The van der Waals surface area contributed by atoms with E-state index in [0.29, 0.717) is 0 Å². The van der Waals surface area contributed by atoms with Crippen molar-refractivity contribution in [2.24, 2.45) is 11.7 Å². The van der Waals surface area contributed by atoms with E-state index >= 15 is 0 Å². The van der Waals surface area contributed by atoms with Crippen molar-refractivity contribution in [1.82, 2.24) is 5.32 Å². The van der Waals surface area contributed by atoms with Gasteiger partial charge in [-0.3, -0.25) is 9.59 Å². The first-order chi connectivity index (χ1) is 7.73. The van der Waals surface area contributed by atoms with Crippen molar-refractivity contribution >= 4 is 17.8 Å². The van der Waals surface area contributed by atoms with Gasteiger partial charge in [0.1, 0.15) is 6.04 Å². The molecule has 1 amide bonds. The third-order valence-electron chi connectivity index (χ3n) is 2.05. The molecule has 0 saturated carbocycles. The molecule has 5 N–H and O–H groups in total. The standard InChI is InChI=1S/C10H18N2O5/c1-5(2)3-7(10(16)17)12-9(15)6(11)4-8(13)14/h5-7H,3-4,11H2,1-2H3,(H,12,15)(H,13,14)(H,16,17)/t6?,7-/m0/s1. The smallest absolute Gasteiger partial charge is 0.326 e. The van der Waals surface area contributed by atoms with Gasteiger partial charge in [0, 0.05) is 0 Å². The lowest BCUT2D eigenvalue weighted by atomic mass is 10.0. The lowest BCUT2D eigenvalue weighted by Crippen LogP contribution is -2.49. The summed E-state index contributed by atoms with van der Waals surface area (Å²) in [6, 6.07) is -2.27. The van der Waals surface area contributed by atoms with Crippen LogP contribution in [0.3, 0.4) is 0 Å². The summed E-state index contributed by atoms with van der Waals surface area (Å²) in [7, 11) is 0. The van der Waals surface area contributed by atoms with Crippen molar-refractivity contribution in [2.45, 2.75) is 38.8 Å². The molecule has 0 rings (SSSR count). The van der Waals surface area contributed by atoms with Crippen LogP contribution in [0.25, 0.3) is 0 Å². The fraction of sp³-hybridized carbons (Fsp3) is 0.700. The second kappa shape index (κ2) is 6.85. The average molecular weight is 246 g/mol. The molecule has 7 heteroatoms. The summed E-state index contributed by atoms with van der Waals surface area (Å²) in [5, 5.41) is 19.5. The van der Waals surface area contributed by atoms with E-state index in [2.05, 4.69) is 5.32 Å². The van der Waals surface area contributed by atoms with Gasteiger partial charge in [-0.25, -0.2) is 4.79 Å². The zero-order valence-corrected chi connectivity index (χ0v) is 9.84. The number of carbonyl (C=O) groups is 3. The molecular formula is C10H18N2O5. The predicted molar refractivity (Wildman–Crippen MR) is 59.2 cm³/mol. The minimum atomic E-state index is -1.23. The molecule has 0 aromatic carbocycles. The van der Waals surface area contributed by atoms with Gasteiger partial charge < -0.3 is 21.3 Å². The summed E-state index contributed by atoms with van der Waals surface area (Å²) in [6.45, 7) is 3.64. The Morgan fingerprint density at radius 3 is 2.12 bits per heavy atom. The van der Waals surface area contributed by atoms with Crippen LogP contribution in [-0.2, 0) is 14.4 Å². The van der Waals surface area contributed by atoms with E-state index in [1.54, 1.807) is 0 Å². The number of nitrogens with one attached hydrogen (secondary N) is 1. The van der Waals surface area contributed by atoms with Crippen molar-refractivity contribution in [3.05, 3.63) is 0 Å². The Bertz CT molecular complexity index is 303. The molecule has 0 fully saturated rings. The molecule has 0 aliphatic carbocycles. The Kier molecular flexibility index (Phi) is 6.19. The maximum Gasteiger partial charge on any atom is 0.326 e. The predicted octanol–water partition coefficient (Wildman–Crippen LogP) is -0.596. The van der Waals surface area contributed by atoms with E-state index in [1.165, 1.54) is 0 Å². The lowest BCUT2D eigenvalue weighted by Gasteiger charge is -2.18. The molecular weight excluding hydrogens is 228 g/mol. The van der Waals surface area contributed by atoms with Crippen LogP contribution in [0.5, 0.6) is 0 Å². The maximum atomic E-state index is 11.4. The van der Waals surface area contributed by atoms with Gasteiger partial charge in [-0.15, -0.1) is 0 Å². The first kappa shape index (κ1) is 15.4. The highest BCUT2D eigenvalue weighted by atomic mass is 16.4. The molecule has 17 heavy (non-hydrogen) atoms. The minimum absolute atomic E-state index is 0.0899. The third kappa shape index (κ3) is 6.52. The Morgan fingerprint density at radius 2 is 1.76 bits per heavy atom. The van der Waals surface area contributed by atoms with Crippen LogP contribution in [0.2, 0.25) is 0 Å². The topological polar surface area (TPSA) is 130 Å². The van der Waals surface area contributed by atoms with Crippen LogP contribution in [-0.4, -0.2) is 40.1 Å². The van der Waals surface area contributed by atoms with Gasteiger partial charge in [-0.1, -0.05) is 13.8 Å². The van der Waals surface area contributed by atoms with E-state index in [9.17, 15) is 14.4 Å². The SMILES string of the molecule is CC(C)C[C@H](NC(=O)C(N)CC(=O)O)C(=O)O. The molecule has 0 aromatic rings. The maximum absolute atomic E-state index is 11.4. The molecule has 1 unspecified atom stereocenters. The van der Waals surface area contributed by atoms with Crippen LogP contribution < -0.4 is 11.1 Å². The van der Waals surface area contributed by atoms with E-state index in [1.807, 2.05) is 13.8 Å². The van der Waals surface area contributed by atoms with Crippen molar-refractivity contribution in [1.29, 1.82) is 0 Å². The minimum Gasteiger partial charge on any atom is -0.481 e. The second-order valence-electron chi connectivity index (χ2n) is 4.23. The molecule has 7 nitrogen and oxygen atoms in total. The number of amides is 1. The highest BCUT2D eigenvalue weighted by Crippen LogP contribution is 2.05. The first-order valence-corrected chi connectivity index (χ1v) is 5.24. The van der Waals surface area contributed by atoms with Gasteiger partial charge >= 0.3 is 11.9 Å². The molecule has 0 bridgehead atoms. The van der Waals surface area contributed by atoms with Crippen molar-refractivity contribution in [2.75, 3.05) is 0 Å². The van der Waals surface area contributed by atoms with Crippen LogP contribution in [0.1, 0.15) is 26.7 Å². The van der Waals surface area contributed by atoms with Crippen LogP contribution in [0, 0.1) is 5.92 Å². The van der Waals surface area contributed by atoms with Crippen molar-refractivity contribution in [3.8, 4) is 0 Å².